The second kappa shape index (κ2) is 19.0. The summed E-state index contributed by atoms with van der Waals surface area (Å²) >= 11 is 0. The van der Waals surface area contributed by atoms with Gasteiger partial charge in [0.15, 0.2) is 0 Å². The van der Waals surface area contributed by atoms with Gasteiger partial charge in [0.05, 0.1) is 26.4 Å². The molecular weight excluding hydrogens is 192 g/mol. The molecule has 3 nitrogen and oxygen atoms in total. The van der Waals surface area contributed by atoms with E-state index < -0.39 is 0 Å². The number of hydrogen-bond donors (Lipinski definition) is 2. The molecule has 0 bridgehead atoms. The van der Waals surface area contributed by atoms with Crippen molar-refractivity contribution in [3.05, 3.63) is 24.3 Å². The van der Waals surface area contributed by atoms with Crippen LogP contribution in [-0.2, 0) is 4.74 Å². The maximum Gasteiger partial charge on any atom is 0.0662 e. The molecule has 0 saturated heterocycles. The van der Waals surface area contributed by atoms with Crippen molar-refractivity contribution in [3.8, 4) is 0 Å². The minimum atomic E-state index is -0.125. The second-order valence-corrected chi connectivity index (χ2v) is 2.78. The van der Waals surface area contributed by atoms with Crippen molar-refractivity contribution in [2.24, 2.45) is 0 Å². The van der Waals surface area contributed by atoms with Crippen LogP contribution in [0, 0.1) is 0 Å². The molecule has 0 aromatic rings. The third kappa shape index (κ3) is 24.7. The molecule has 15 heavy (non-hydrogen) atoms. The Kier molecular flexibility index (Phi) is 21.3. The highest BCUT2D eigenvalue weighted by Gasteiger charge is 1.82. The molecular formula is C12H24O3. The monoisotopic (exact) mass is 216 g/mol. The van der Waals surface area contributed by atoms with Gasteiger partial charge in [-0.2, -0.15) is 0 Å². The van der Waals surface area contributed by atoms with Gasteiger partial charge in [-0.05, 0) is 26.7 Å². The van der Waals surface area contributed by atoms with Crippen LogP contribution in [0.4, 0.5) is 0 Å². The van der Waals surface area contributed by atoms with Crippen LogP contribution in [0.15, 0.2) is 24.3 Å². The summed E-state index contributed by atoms with van der Waals surface area (Å²) in [7, 11) is 0. The summed E-state index contributed by atoms with van der Waals surface area (Å²) in [5, 5.41) is 15.2. The Hall–Kier alpha value is -0.640. The Balaban J connectivity index is 0. The van der Waals surface area contributed by atoms with Gasteiger partial charge in [0.2, 0.25) is 0 Å². The molecule has 0 saturated carbocycles. The fourth-order valence-corrected chi connectivity index (χ4v) is 0.738. The summed E-state index contributed by atoms with van der Waals surface area (Å²) in [4.78, 5) is 0. The van der Waals surface area contributed by atoms with Crippen LogP contribution in [0.25, 0.3) is 0 Å². The molecule has 3 heteroatoms. The van der Waals surface area contributed by atoms with E-state index in [0.29, 0.717) is 0 Å². The number of rotatable bonds is 7. The van der Waals surface area contributed by atoms with Gasteiger partial charge >= 0.3 is 0 Å². The number of allylic oxidation sites excluding steroid dienone is 2. The van der Waals surface area contributed by atoms with Gasteiger partial charge in [0.25, 0.3) is 0 Å². The molecule has 0 aliphatic rings. The maximum atomic E-state index is 7.62. The average molecular weight is 216 g/mol. The Bertz CT molecular complexity index is 126. The zero-order chi connectivity index (χ0) is 11.8. The molecule has 0 radical (unpaired) electrons. The lowest BCUT2D eigenvalue weighted by Gasteiger charge is -1.97. The Morgan fingerprint density at radius 1 is 0.867 bits per heavy atom. The SMILES string of the molecule is C/C=C/CCOCC/C=C/C.OCCO. The van der Waals surface area contributed by atoms with Gasteiger partial charge in [-0.1, -0.05) is 24.3 Å². The van der Waals surface area contributed by atoms with Gasteiger partial charge < -0.3 is 14.9 Å². The third-order valence-corrected chi connectivity index (χ3v) is 1.43. The van der Waals surface area contributed by atoms with E-state index in [1.165, 1.54) is 0 Å². The van der Waals surface area contributed by atoms with E-state index in [9.17, 15) is 0 Å². The standard InChI is InChI=1S/C10H18O.C2H6O2/c1-3-5-7-9-11-10-8-6-4-2;3-1-2-4/h3-6H,7-10H2,1-2H3;3-4H,1-2H2/b5-3+,6-4+;. The molecule has 0 aliphatic heterocycles. The molecule has 0 spiro atoms. The summed E-state index contributed by atoms with van der Waals surface area (Å²) in [6, 6.07) is 0. The minimum absolute atomic E-state index is 0.125. The lowest BCUT2D eigenvalue weighted by Crippen LogP contribution is -1.93. The molecule has 2 N–H and O–H groups in total. The summed E-state index contributed by atoms with van der Waals surface area (Å²) in [6.07, 6.45) is 10.4. The fourth-order valence-electron chi connectivity index (χ4n) is 0.738. The molecule has 90 valence electrons. The van der Waals surface area contributed by atoms with E-state index in [2.05, 4.69) is 24.3 Å². The Morgan fingerprint density at radius 2 is 1.27 bits per heavy atom. The van der Waals surface area contributed by atoms with E-state index in [1.54, 1.807) is 0 Å². The highest BCUT2D eigenvalue weighted by atomic mass is 16.5. The summed E-state index contributed by atoms with van der Waals surface area (Å²) in [5.74, 6) is 0. The van der Waals surface area contributed by atoms with Crippen molar-refractivity contribution in [2.45, 2.75) is 26.7 Å². The smallest absolute Gasteiger partial charge is 0.0662 e. The lowest BCUT2D eigenvalue weighted by atomic mass is 10.4. The van der Waals surface area contributed by atoms with E-state index in [4.69, 9.17) is 14.9 Å². The summed E-state index contributed by atoms with van der Waals surface area (Å²) in [5.41, 5.74) is 0. The molecule has 0 amide bonds. The second-order valence-electron chi connectivity index (χ2n) is 2.78. The average Bonchev–Trinajstić information content (AvgIpc) is 2.28. The van der Waals surface area contributed by atoms with Gasteiger partial charge in [0, 0.05) is 0 Å². The number of ether oxygens (including phenoxy) is 1. The van der Waals surface area contributed by atoms with Crippen molar-refractivity contribution < 1.29 is 14.9 Å². The van der Waals surface area contributed by atoms with Crippen molar-refractivity contribution in [3.63, 3.8) is 0 Å². The topological polar surface area (TPSA) is 49.7 Å². The molecule has 0 atom stereocenters. The maximum absolute atomic E-state index is 7.62. The predicted octanol–water partition coefficient (Wildman–Crippen LogP) is 1.91. The van der Waals surface area contributed by atoms with Crippen LogP contribution >= 0.6 is 0 Å². The quantitative estimate of drug-likeness (QED) is 0.505. The largest absolute Gasteiger partial charge is 0.394 e. The van der Waals surface area contributed by atoms with Crippen LogP contribution in [-0.4, -0.2) is 36.6 Å². The van der Waals surface area contributed by atoms with Crippen LogP contribution in [0.1, 0.15) is 26.7 Å². The van der Waals surface area contributed by atoms with Gasteiger partial charge in [-0.3, -0.25) is 0 Å². The molecule has 0 fully saturated rings. The minimum Gasteiger partial charge on any atom is -0.394 e. The number of aliphatic hydroxyl groups excluding tert-OH is 2. The van der Waals surface area contributed by atoms with E-state index in [0.717, 1.165) is 26.1 Å². The van der Waals surface area contributed by atoms with Crippen molar-refractivity contribution >= 4 is 0 Å². The molecule has 0 aromatic heterocycles. The highest BCUT2D eigenvalue weighted by Crippen LogP contribution is 1.88. The lowest BCUT2D eigenvalue weighted by molar-refractivity contribution is 0.143. The predicted molar refractivity (Wildman–Crippen MR) is 63.9 cm³/mol. The zero-order valence-electron chi connectivity index (χ0n) is 9.85. The molecule has 0 unspecified atom stereocenters. The normalized spacial score (nSPS) is 10.7. The van der Waals surface area contributed by atoms with Crippen LogP contribution in [0.3, 0.4) is 0 Å². The van der Waals surface area contributed by atoms with E-state index in [-0.39, 0.29) is 13.2 Å². The Morgan fingerprint density at radius 3 is 1.53 bits per heavy atom. The van der Waals surface area contributed by atoms with E-state index >= 15 is 0 Å². The molecule has 0 aliphatic carbocycles. The third-order valence-electron chi connectivity index (χ3n) is 1.43. The highest BCUT2D eigenvalue weighted by molar-refractivity contribution is 4.77. The fraction of sp³-hybridized carbons (Fsp3) is 0.667. The molecule has 0 rings (SSSR count). The van der Waals surface area contributed by atoms with Crippen LogP contribution in [0.2, 0.25) is 0 Å². The Labute approximate surface area is 93.1 Å². The number of hydrogen-bond acceptors (Lipinski definition) is 3. The molecule has 0 heterocycles. The van der Waals surface area contributed by atoms with Gasteiger partial charge in [-0.15, -0.1) is 0 Å². The summed E-state index contributed by atoms with van der Waals surface area (Å²) in [6.45, 7) is 5.50. The number of aliphatic hydroxyl groups is 2. The van der Waals surface area contributed by atoms with Crippen LogP contribution in [0.5, 0.6) is 0 Å². The van der Waals surface area contributed by atoms with E-state index in [1.807, 2.05) is 13.8 Å². The first-order valence-electron chi connectivity index (χ1n) is 5.35. The summed E-state index contributed by atoms with van der Waals surface area (Å²) < 4.78 is 5.34. The van der Waals surface area contributed by atoms with Crippen molar-refractivity contribution in [2.75, 3.05) is 26.4 Å². The first-order chi connectivity index (χ1) is 7.33. The van der Waals surface area contributed by atoms with Crippen molar-refractivity contribution in [1.82, 2.24) is 0 Å². The first-order valence-corrected chi connectivity index (χ1v) is 5.35. The van der Waals surface area contributed by atoms with Gasteiger partial charge in [0.1, 0.15) is 0 Å². The van der Waals surface area contributed by atoms with Gasteiger partial charge in [-0.25, -0.2) is 0 Å². The first kappa shape index (κ1) is 16.8. The van der Waals surface area contributed by atoms with Crippen molar-refractivity contribution in [1.29, 1.82) is 0 Å². The zero-order valence-corrected chi connectivity index (χ0v) is 9.85. The van der Waals surface area contributed by atoms with Crippen LogP contribution < -0.4 is 0 Å². The molecule has 0 aromatic carbocycles.